The Morgan fingerprint density at radius 1 is 1.10 bits per heavy atom. The molecule has 0 aliphatic rings. The monoisotopic (exact) mass is 320 g/mol. The van der Waals surface area contributed by atoms with Crippen LogP contribution in [0.4, 0.5) is 0 Å². The fourth-order valence-corrected chi connectivity index (χ4v) is 4.76. The molecular formula is C12H16O6S2. The summed E-state index contributed by atoms with van der Waals surface area (Å²) in [6, 6.07) is 5.15. The van der Waals surface area contributed by atoms with Crippen molar-refractivity contribution in [3.8, 4) is 0 Å². The molecule has 0 aromatic heterocycles. The first-order valence-corrected chi connectivity index (χ1v) is 9.21. The maximum atomic E-state index is 12.1. The second-order valence-electron chi connectivity index (χ2n) is 4.54. The smallest absolute Gasteiger partial charge is 0.337 e. The average Bonchev–Trinajstić information content (AvgIpc) is 2.36. The summed E-state index contributed by atoms with van der Waals surface area (Å²) in [5.74, 6) is -2.52. The van der Waals surface area contributed by atoms with Gasteiger partial charge in [0.05, 0.1) is 27.2 Å². The number of carbonyl (C=O) groups is 1. The minimum Gasteiger partial charge on any atom is -0.478 e. The highest BCUT2D eigenvalue weighted by Gasteiger charge is 2.25. The number of carboxylic acid groups (broad SMARTS) is 1. The first-order valence-electron chi connectivity index (χ1n) is 5.84. The van der Waals surface area contributed by atoms with Crippen LogP contribution in [-0.2, 0) is 19.7 Å². The van der Waals surface area contributed by atoms with Crippen LogP contribution in [0.2, 0.25) is 0 Å². The highest BCUT2D eigenvalue weighted by molar-refractivity contribution is 7.95. The van der Waals surface area contributed by atoms with Crippen LogP contribution < -0.4 is 0 Å². The second kappa shape index (κ2) is 5.92. The molecule has 0 amide bonds. The predicted octanol–water partition coefficient (Wildman–Crippen LogP) is 0.982. The highest BCUT2D eigenvalue weighted by Crippen LogP contribution is 2.18. The third-order valence-electron chi connectivity index (χ3n) is 2.81. The number of benzene rings is 1. The maximum Gasteiger partial charge on any atom is 0.337 e. The van der Waals surface area contributed by atoms with Crippen molar-refractivity contribution in [3.05, 3.63) is 29.8 Å². The van der Waals surface area contributed by atoms with Crippen LogP contribution in [0, 0.1) is 0 Å². The van der Waals surface area contributed by atoms with Crippen molar-refractivity contribution in [2.45, 2.75) is 24.0 Å². The summed E-state index contributed by atoms with van der Waals surface area (Å²) in [6.45, 7) is 2.93. The Kier molecular flexibility index (Phi) is 4.93. The van der Waals surface area contributed by atoms with Gasteiger partial charge < -0.3 is 5.11 Å². The maximum absolute atomic E-state index is 12.1. The number of hydrogen-bond acceptors (Lipinski definition) is 5. The lowest BCUT2D eigenvalue weighted by Gasteiger charge is -2.10. The topological polar surface area (TPSA) is 106 Å². The van der Waals surface area contributed by atoms with Gasteiger partial charge in [-0.1, -0.05) is 12.1 Å². The van der Waals surface area contributed by atoms with Crippen LogP contribution in [-0.4, -0.2) is 44.7 Å². The van der Waals surface area contributed by atoms with Crippen molar-refractivity contribution >= 4 is 25.6 Å². The Morgan fingerprint density at radius 2 is 1.65 bits per heavy atom. The van der Waals surface area contributed by atoms with Crippen LogP contribution in [0.5, 0.6) is 0 Å². The molecule has 0 heterocycles. The van der Waals surface area contributed by atoms with Crippen LogP contribution in [0.25, 0.3) is 0 Å². The summed E-state index contributed by atoms with van der Waals surface area (Å²) >= 11 is 0. The molecule has 0 radical (unpaired) electrons. The molecule has 1 N–H and O–H groups in total. The number of sulfone groups is 2. The van der Waals surface area contributed by atoms with Gasteiger partial charge in [-0.25, -0.2) is 21.6 Å². The zero-order valence-electron chi connectivity index (χ0n) is 11.1. The van der Waals surface area contributed by atoms with E-state index in [1.54, 1.807) is 0 Å². The first-order chi connectivity index (χ1) is 9.08. The predicted molar refractivity (Wildman–Crippen MR) is 74.4 cm³/mol. The summed E-state index contributed by atoms with van der Waals surface area (Å²) in [7, 11) is -7.46. The molecule has 1 aromatic carbocycles. The number of rotatable bonds is 6. The largest absolute Gasteiger partial charge is 0.478 e. The van der Waals surface area contributed by atoms with Crippen LogP contribution >= 0.6 is 0 Å². The lowest BCUT2D eigenvalue weighted by atomic mass is 10.2. The quantitative estimate of drug-likeness (QED) is 0.837. The average molecular weight is 320 g/mol. The lowest BCUT2D eigenvalue weighted by Crippen LogP contribution is -2.24. The van der Waals surface area contributed by atoms with Crippen molar-refractivity contribution in [1.82, 2.24) is 0 Å². The summed E-state index contributed by atoms with van der Waals surface area (Å²) in [4.78, 5) is 10.6. The van der Waals surface area contributed by atoms with Crippen molar-refractivity contribution < 1.29 is 26.7 Å². The van der Waals surface area contributed by atoms with Gasteiger partial charge in [0.1, 0.15) is 0 Å². The fraction of sp³-hybridized carbons (Fsp3) is 0.417. The van der Waals surface area contributed by atoms with Crippen molar-refractivity contribution in [2.24, 2.45) is 0 Å². The molecule has 1 aromatic rings. The van der Waals surface area contributed by atoms with Crippen molar-refractivity contribution in [2.75, 3.05) is 11.5 Å². The Morgan fingerprint density at radius 3 is 2.15 bits per heavy atom. The van der Waals surface area contributed by atoms with Gasteiger partial charge in [0.25, 0.3) is 0 Å². The standard InChI is InChI=1S/C12H16O6S2/c1-9(2)19(15,16)7-8-20(17,18)11-6-4-3-5-10(11)12(13)14/h3-6,9H,7-8H2,1-2H3,(H,13,14). The molecule has 8 heteroatoms. The lowest BCUT2D eigenvalue weighted by molar-refractivity contribution is 0.0692. The zero-order chi connectivity index (χ0) is 15.6. The summed E-state index contributed by atoms with van der Waals surface area (Å²) < 4.78 is 47.5. The van der Waals surface area contributed by atoms with Gasteiger partial charge >= 0.3 is 5.97 Å². The molecule has 6 nitrogen and oxygen atoms in total. The SMILES string of the molecule is CC(C)S(=O)(=O)CCS(=O)(=O)c1ccccc1C(=O)O. The molecule has 0 saturated carbocycles. The van der Waals surface area contributed by atoms with E-state index in [4.69, 9.17) is 5.11 Å². The Hall–Kier alpha value is -1.41. The normalized spacial score (nSPS) is 12.6. The molecule has 20 heavy (non-hydrogen) atoms. The highest BCUT2D eigenvalue weighted by atomic mass is 32.2. The van der Waals surface area contributed by atoms with E-state index < -0.39 is 42.4 Å². The Balaban J connectivity index is 3.11. The fourth-order valence-electron chi connectivity index (χ4n) is 1.49. The molecule has 0 saturated heterocycles. The second-order valence-corrected chi connectivity index (χ2v) is 9.29. The number of carboxylic acids is 1. The van der Waals surface area contributed by atoms with Gasteiger partial charge in [-0.05, 0) is 26.0 Å². The molecule has 0 fully saturated rings. The molecule has 0 aliphatic heterocycles. The zero-order valence-corrected chi connectivity index (χ0v) is 12.7. The van der Waals surface area contributed by atoms with Gasteiger partial charge in [0.15, 0.2) is 19.7 Å². The minimum absolute atomic E-state index is 0.352. The molecule has 0 unspecified atom stereocenters. The van der Waals surface area contributed by atoms with E-state index in [0.717, 1.165) is 0 Å². The van der Waals surface area contributed by atoms with Crippen LogP contribution in [0.1, 0.15) is 24.2 Å². The van der Waals surface area contributed by atoms with Gasteiger partial charge in [0.2, 0.25) is 0 Å². The van der Waals surface area contributed by atoms with E-state index in [2.05, 4.69) is 0 Å². The third-order valence-corrected chi connectivity index (χ3v) is 7.04. The third kappa shape index (κ3) is 3.80. The van der Waals surface area contributed by atoms with E-state index in [1.807, 2.05) is 0 Å². The Labute approximate surface area is 118 Å². The van der Waals surface area contributed by atoms with Crippen molar-refractivity contribution in [3.63, 3.8) is 0 Å². The van der Waals surface area contributed by atoms with E-state index in [1.165, 1.54) is 38.1 Å². The molecule has 1 rings (SSSR count). The summed E-state index contributed by atoms with van der Waals surface area (Å²) in [5, 5.41) is 8.29. The molecule has 0 aliphatic carbocycles. The molecule has 0 spiro atoms. The number of aromatic carboxylic acids is 1. The van der Waals surface area contributed by atoms with Gasteiger partial charge in [-0.15, -0.1) is 0 Å². The van der Waals surface area contributed by atoms with Gasteiger partial charge in [-0.2, -0.15) is 0 Å². The number of hydrogen-bond donors (Lipinski definition) is 1. The van der Waals surface area contributed by atoms with Gasteiger partial charge in [-0.3, -0.25) is 0 Å². The van der Waals surface area contributed by atoms with E-state index in [9.17, 15) is 21.6 Å². The van der Waals surface area contributed by atoms with Gasteiger partial charge in [0, 0.05) is 0 Å². The Bertz CT molecular complexity index is 701. The van der Waals surface area contributed by atoms with Crippen molar-refractivity contribution in [1.29, 1.82) is 0 Å². The van der Waals surface area contributed by atoms with E-state index in [-0.39, 0.29) is 10.5 Å². The molecule has 112 valence electrons. The van der Waals surface area contributed by atoms with E-state index >= 15 is 0 Å². The summed E-state index contributed by atoms with van der Waals surface area (Å²) in [6.07, 6.45) is 0. The minimum atomic E-state index is -3.96. The van der Waals surface area contributed by atoms with E-state index in [0.29, 0.717) is 0 Å². The molecule has 0 atom stereocenters. The molecule has 0 bridgehead atoms. The van der Waals surface area contributed by atoms with Crippen LogP contribution in [0.3, 0.4) is 0 Å². The summed E-state index contributed by atoms with van der Waals surface area (Å²) in [5.41, 5.74) is -0.352. The first kappa shape index (κ1) is 16.6. The molecular weight excluding hydrogens is 304 g/mol. The van der Waals surface area contributed by atoms with Crippen LogP contribution in [0.15, 0.2) is 29.2 Å².